The number of benzene rings is 1. The van der Waals surface area contributed by atoms with Crippen LogP contribution in [0.4, 0.5) is 0 Å². The van der Waals surface area contributed by atoms with Gasteiger partial charge >= 0.3 is 5.69 Å². The van der Waals surface area contributed by atoms with Crippen molar-refractivity contribution in [3.8, 4) is 11.8 Å². The molecule has 18 heavy (non-hydrogen) atoms. The molecule has 0 unspecified atom stereocenters. The number of hydrogen-bond acceptors (Lipinski definition) is 3. The maximum absolute atomic E-state index is 11.3. The average molecular weight is 243 g/mol. The van der Waals surface area contributed by atoms with Crippen molar-refractivity contribution in [2.75, 3.05) is 6.61 Å². The molecule has 0 fully saturated rings. The van der Waals surface area contributed by atoms with Crippen LogP contribution >= 0.6 is 0 Å². The predicted octanol–water partition coefficient (Wildman–Crippen LogP) is 0.354. The summed E-state index contributed by atoms with van der Waals surface area (Å²) in [5.41, 5.74) is 1.62. The van der Waals surface area contributed by atoms with Crippen LogP contribution in [0, 0.1) is 11.8 Å². The highest BCUT2D eigenvalue weighted by Gasteiger charge is 1.99. The van der Waals surface area contributed by atoms with Gasteiger partial charge < -0.3 is 5.11 Å². The van der Waals surface area contributed by atoms with Crippen molar-refractivity contribution in [1.29, 1.82) is 0 Å². The summed E-state index contributed by atoms with van der Waals surface area (Å²) in [7, 11) is 0. The Bertz CT molecular complexity index is 631. The standard InChI is InChI=1S/C13H13N3O2/c17-7-2-1-4-11-5-3-6-12(8-11)9-16-10-14-15-13(16)18/h3,5-6,8,10,17H,2,7,9H2,(H,15,18). The maximum Gasteiger partial charge on any atom is 0.343 e. The highest BCUT2D eigenvalue weighted by Crippen LogP contribution is 2.05. The monoisotopic (exact) mass is 243 g/mol. The van der Waals surface area contributed by atoms with E-state index < -0.39 is 0 Å². The van der Waals surface area contributed by atoms with E-state index in [1.165, 1.54) is 10.9 Å². The molecule has 1 aromatic carbocycles. The Hall–Kier alpha value is -2.32. The number of nitrogens with one attached hydrogen (secondary N) is 1. The molecule has 1 aromatic heterocycles. The lowest BCUT2D eigenvalue weighted by molar-refractivity contribution is 0.305. The van der Waals surface area contributed by atoms with Crippen LogP contribution in [0.3, 0.4) is 0 Å². The van der Waals surface area contributed by atoms with Crippen LogP contribution in [0.1, 0.15) is 17.5 Å². The minimum atomic E-state index is -0.230. The number of nitrogens with zero attached hydrogens (tertiary/aromatic N) is 2. The Kier molecular flexibility index (Phi) is 3.94. The molecule has 0 aliphatic rings. The van der Waals surface area contributed by atoms with Crippen LogP contribution < -0.4 is 5.69 Å². The lowest BCUT2D eigenvalue weighted by Gasteiger charge is -2.01. The van der Waals surface area contributed by atoms with Crippen LogP contribution in [0.2, 0.25) is 0 Å². The number of aromatic nitrogens is 3. The minimum Gasteiger partial charge on any atom is -0.395 e. The molecule has 0 spiro atoms. The van der Waals surface area contributed by atoms with Gasteiger partial charge in [0.2, 0.25) is 0 Å². The second-order valence-corrected chi connectivity index (χ2v) is 3.77. The van der Waals surface area contributed by atoms with Gasteiger partial charge in [-0.3, -0.25) is 4.57 Å². The van der Waals surface area contributed by atoms with Crippen LogP contribution in [0.5, 0.6) is 0 Å². The Morgan fingerprint density at radius 1 is 1.44 bits per heavy atom. The number of hydrogen-bond donors (Lipinski definition) is 2. The largest absolute Gasteiger partial charge is 0.395 e. The quantitative estimate of drug-likeness (QED) is 0.764. The molecule has 0 atom stereocenters. The van der Waals surface area contributed by atoms with Crippen molar-refractivity contribution in [1.82, 2.24) is 14.8 Å². The topological polar surface area (TPSA) is 70.9 Å². The van der Waals surface area contributed by atoms with Gasteiger partial charge in [-0.05, 0) is 17.7 Å². The van der Waals surface area contributed by atoms with Crippen molar-refractivity contribution >= 4 is 0 Å². The summed E-state index contributed by atoms with van der Waals surface area (Å²) in [6.07, 6.45) is 1.93. The number of aromatic amines is 1. The molecular formula is C13H13N3O2. The van der Waals surface area contributed by atoms with Crippen molar-refractivity contribution in [3.63, 3.8) is 0 Å². The second-order valence-electron chi connectivity index (χ2n) is 3.77. The fourth-order valence-corrected chi connectivity index (χ4v) is 1.55. The summed E-state index contributed by atoms with van der Waals surface area (Å²) in [4.78, 5) is 11.3. The zero-order valence-corrected chi connectivity index (χ0v) is 9.76. The summed E-state index contributed by atoms with van der Waals surface area (Å²) in [5.74, 6) is 5.82. The lowest BCUT2D eigenvalue weighted by atomic mass is 10.1. The smallest absolute Gasteiger partial charge is 0.343 e. The SMILES string of the molecule is O=c1[nH]ncn1Cc1cccc(C#CCCO)c1. The molecule has 2 rings (SSSR count). The minimum absolute atomic E-state index is 0.0666. The van der Waals surface area contributed by atoms with E-state index in [-0.39, 0.29) is 12.3 Å². The fraction of sp³-hybridized carbons (Fsp3) is 0.231. The van der Waals surface area contributed by atoms with Gasteiger partial charge in [0.1, 0.15) is 6.33 Å². The van der Waals surface area contributed by atoms with E-state index in [2.05, 4.69) is 22.0 Å². The van der Waals surface area contributed by atoms with Gasteiger partial charge in [0, 0.05) is 12.0 Å². The van der Waals surface area contributed by atoms with Crippen LogP contribution in [0.15, 0.2) is 35.4 Å². The van der Waals surface area contributed by atoms with Gasteiger partial charge in [-0.15, -0.1) is 0 Å². The molecule has 5 heteroatoms. The Morgan fingerprint density at radius 3 is 3.06 bits per heavy atom. The summed E-state index contributed by atoms with van der Waals surface area (Å²) in [5, 5.41) is 14.7. The molecule has 0 bridgehead atoms. The number of H-pyrrole nitrogens is 1. The third-order valence-corrected chi connectivity index (χ3v) is 2.37. The van der Waals surface area contributed by atoms with Crippen molar-refractivity contribution in [2.24, 2.45) is 0 Å². The molecule has 0 amide bonds. The van der Waals surface area contributed by atoms with Crippen LogP contribution in [0.25, 0.3) is 0 Å². The van der Waals surface area contributed by atoms with Crippen LogP contribution in [-0.4, -0.2) is 26.5 Å². The molecular weight excluding hydrogens is 230 g/mol. The van der Waals surface area contributed by atoms with Crippen molar-refractivity contribution < 1.29 is 5.11 Å². The molecule has 0 saturated heterocycles. The predicted molar refractivity (Wildman–Crippen MR) is 67.0 cm³/mol. The Morgan fingerprint density at radius 2 is 2.33 bits per heavy atom. The van der Waals surface area contributed by atoms with E-state index >= 15 is 0 Å². The molecule has 1 heterocycles. The molecule has 2 aromatic rings. The second kappa shape index (κ2) is 5.84. The molecule has 0 aliphatic heterocycles. The maximum atomic E-state index is 11.3. The van der Waals surface area contributed by atoms with Gasteiger partial charge in [0.05, 0.1) is 13.2 Å². The number of aliphatic hydroxyl groups is 1. The zero-order valence-electron chi connectivity index (χ0n) is 9.76. The zero-order chi connectivity index (χ0) is 12.8. The van der Waals surface area contributed by atoms with Gasteiger partial charge in [-0.2, -0.15) is 5.10 Å². The molecule has 0 aliphatic carbocycles. The van der Waals surface area contributed by atoms with E-state index in [4.69, 9.17) is 5.11 Å². The molecule has 5 nitrogen and oxygen atoms in total. The number of aliphatic hydroxyl groups excluding tert-OH is 1. The highest BCUT2D eigenvalue weighted by atomic mass is 16.2. The highest BCUT2D eigenvalue weighted by molar-refractivity contribution is 5.37. The van der Waals surface area contributed by atoms with Crippen molar-refractivity contribution in [2.45, 2.75) is 13.0 Å². The average Bonchev–Trinajstić information content (AvgIpc) is 2.76. The first-order valence-electron chi connectivity index (χ1n) is 5.58. The van der Waals surface area contributed by atoms with E-state index in [0.717, 1.165) is 11.1 Å². The summed E-state index contributed by atoms with van der Waals surface area (Å²) in [6, 6.07) is 7.63. The molecule has 0 radical (unpaired) electrons. The third kappa shape index (κ3) is 3.09. The molecule has 0 saturated carbocycles. The van der Waals surface area contributed by atoms with Crippen molar-refractivity contribution in [3.05, 3.63) is 52.2 Å². The van der Waals surface area contributed by atoms with Gasteiger partial charge in [-0.25, -0.2) is 9.89 Å². The first-order chi connectivity index (χ1) is 8.79. The van der Waals surface area contributed by atoms with E-state index in [1.807, 2.05) is 24.3 Å². The van der Waals surface area contributed by atoms with Crippen LogP contribution in [-0.2, 0) is 6.54 Å². The summed E-state index contributed by atoms with van der Waals surface area (Å²) < 4.78 is 1.49. The van der Waals surface area contributed by atoms with Gasteiger partial charge in [-0.1, -0.05) is 24.0 Å². The first kappa shape index (κ1) is 12.1. The van der Waals surface area contributed by atoms with E-state index in [9.17, 15) is 4.79 Å². The van der Waals surface area contributed by atoms with E-state index in [0.29, 0.717) is 13.0 Å². The van der Waals surface area contributed by atoms with Gasteiger partial charge in [0.25, 0.3) is 0 Å². The Labute approximate surface area is 104 Å². The van der Waals surface area contributed by atoms with Gasteiger partial charge in [0.15, 0.2) is 0 Å². The fourth-order valence-electron chi connectivity index (χ4n) is 1.55. The first-order valence-corrected chi connectivity index (χ1v) is 5.58. The lowest BCUT2D eigenvalue weighted by Crippen LogP contribution is -2.16. The molecule has 92 valence electrons. The summed E-state index contributed by atoms with van der Waals surface area (Å²) in [6.45, 7) is 0.530. The number of rotatable bonds is 3. The summed E-state index contributed by atoms with van der Waals surface area (Å²) >= 11 is 0. The third-order valence-electron chi connectivity index (χ3n) is 2.37. The van der Waals surface area contributed by atoms with E-state index in [1.54, 1.807) is 0 Å². The Balaban J connectivity index is 2.16. The normalized spacial score (nSPS) is 9.83. The molecule has 2 N–H and O–H groups in total.